The first-order valence-electron chi connectivity index (χ1n) is 6.26. The molecule has 1 unspecified atom stereocenters. The fourth-order valence-corrected chi connectivity index (χ4v) is 2.23. The van der Waals surface area contributed by atoms with Gasteiger partial charge in [-0.3, -0.25) is 10.1 Å². The van der Waals surface area contributed by atoms with Gasteiger partial charge >= 0.3 is 0 Å². The van der Waals surface area contributed by atoms with E-state index in [0.717, 1.165) is 23.8 Å². The summed E-state index contributed by atoms with van der Waals surface area (Å²) in [4.78, 5) is 10.4. The first kappa shape index (κ1) is 15.1. The van der Waals surface area contributed by atoms with E-state index in [9.17, 15) is 18.9 Å². The molecule has 2 N–H and O–H groups in total. The minimum absolute atomic E-state index is 0.0968. The van der Waals surface area contributed by atoms with Crippen molar-refractivity contribution in [3.05, 3.63) is 74.3 Å². The average Bonchev–Trinajstić information content (AvgIpc) is 2.39. The number of benzene rings is 2. The van der Waals surface area contributed by atoms with Crippen molar-refractivity contribution in [2.24, 2.45) is 5.73 Å². The van der Waals surface area contributed by atoms with Crippen LogP contribution in [-0.4, -0.2) is 4.92 Å². The second kappa shape index (κ2) is 5.57. The molecular formula is C15H14F2N2O2. The van der Waals surface area contributed by atoms with E-state index in [0.29, 0.717) is 11.1 Å². The van der Waals surface area contributed by atoms with Crippen LogP contribution < -0.4 is 5.73 Å². The Morgan fingerprint density at radius 3 is 2.19 bits per heavy atom. The maximum absolute atomic E-state index is 13.3. The zero-order chi connectivity index (χ0) is 15.7. The van der Waals surface area contributed by atoms with Gasteiger partial charge in [0.25, 0.3) is 5.69 Å². The predicted molar refractivity (Wildman–Crippen MR) is 75.0 cm³/mol. The molecule has 1 atom stereocenters. The number of nitro benzene ring substituents is 1. The lowest BCUT2D eigenvalue weighted by atomic mass is 9.92. The first-order valence-corrected chi connectivity index (χ1v) is 6.26. The van der Waals surface area contributed by atoms with Crippen molar-refractivity contribution in [3.63, 3.8) is 0 Å². The Morgan fingerprint density at radius 1 is 1.10 bits per heavy atom. The van der Waals surface area contributed by atoms with E-state index in [-0.39, 0.29) is 11.3 Å². The molecule has 21 heavy (non-hydrogen) atoms. The molecule has 2 aromatic rings. The lowest BCUT2D eigenvalue weighted by molar-refractivity contribution is -0.385. The van der Waals surface area contributed by atoms with Gasteiger partial charge in [0.15, 0.2) is 0 Å². The van der Waals surface area contributed by atoms with Crippen LogP contribution in [0.2, 0.25) is 0 Å². The molecule has 0 amide bonds. The summed E-state index contributed by atoms with van der Waals surface area (Å²) in [6, 6.07) is 4.95. The molecule has 0 aliphatic heterocycles. The molecule has 2 aromatic carbocycles. The number of nitrogens with two attached hydrogens (primary N) is 1. The third-order valence-corrected chi connectivity index (χ3v) is 3.48. The Morgan fingerprint density at radius 2 is 1.67 bits per heavy atom. The Balaban J connectivity index is 2.56. The van der Waals surface area contributed by atoms with Crippen molar-refractivity contribution in [1.82, 2.24) is 0 Å². The molecular weight excluding hydrogens is 278 g/mol. The summed E-state index contributed by atoms with van der Waals surface area (Å²) >= 11 is 0. The van der Waals surface area contributed by atoms with Crippen LogP contribution in [0.15, 0.2) is 30.3 Å². The monoisotopic (exact) mass is 292 g/mol. The van der Waals surface area contributed by atoms with E-state index in [1.165, 1.54) is 12.1 Å². The van der Waals surface area contributed by atoms with Gasteiger partial charge in [-0.05, 0) is 48.2 Å². The highest BCUT2D eigenvalue weighted by Gasteiger charge is 2.19. The van der Waals surface area contributed by atoms with Crippen LogP contribution in [0.25, 0.3) is 0 Å². The van der Waals surface area contributed by atoms with Crippen LogP contribution in [0, 0.1) is 35.6 Å². The number of rotatable bonds is 3. The molecule has 0 radical (unpaired) electrons. The van der Waals surface area contributed by atoms with Crippen molar-refractivity contribution in [2.45, 2.75) is 19.9 Å². The second-order valence-corrected chi connectivity index (χ2v) is 4.91. The molecule has 0 aromatic heterocycles. The molecule has 0 fully saturated rings. The SMILES string of the molecule is Cc1cc([N+](=O)[O-])cc(C(N)c2cc(F)cc(F)c2)c1C. The van der Waals surface area contributed by atoms with Crippen molar-refractivity contribution in [3.8, 4) is 0 Å². The van der Waals surface area contributed by atoms with Gasteiger partial charge in [0.05, 0.1) is 11.0 Å². The van der Waals surface area contributed by atoms with Crippen molar-refractivity contribution >= 4 is 5.69 Å². The molecule has 0 bridgehead atoms. The summed E-state index contributed by atoms with van der Waals surface area (Å²) in [5.41, 5.74) is 8.11. The molecule has 110 valence electrons. The number of non-ortho nitro benzene ring substituents is 1. The van der Waals surface area contributed by atoms with Gasteiger partial charge in [0, 0.05) is 18.2 Å². The summed E-state index contributed by atoms with van der Waals surface area (Å²) in [6.45, 7) is 3.49. The zero-order valence-corrected chi connectivity index (χ0v) is 11.6. The molecule has 4 nitrogen and oxygen atoms in total. The number of nitro groups is 1. The highest BCUT2D eigenvalue weighted by atomic mass is 19.1. The van der Waals surface area contributed by atoms with Crippen LogP contribution in [0.3, 0.4) is 0 Å². The van der Waals surface area contributed by atoms with Crippen LogP contribution >= 0.6 is 0 Å². The van der Waals surface area contributed by atoms with Crippen molar-refractivity contribution in [1.29, 1.82) is 0 Å². The molecule has 0 saturated heterocycles. The third kappa shape index (κ3) is 3.05. The number of halogens is 2. The molecule has 0 aliphatic rings. The third-order valence-electron chi connectivity index (χ3n) is 3.48. The number of aryl methyl sites for hydroxylation is 1. The first-order chi connectivity index (χ1) is 9.79. The summed E-state index contributed by atoms with van der Waals surface area (Å²) in [6.07, 6.45) is 0. The van der Waals surface area contributed by atoms with Gasteiger partial charge in [0.2, 0.25) is 0 Å². The lowest BCUT2D eigenvalue weighted by Crippen LogP contribution is -2.15. The fourth-order valence-electron chi connectivity index (χ4n) is 2.23. The van der Waals surface area contributed by atoms with Crippen LogP contribution in [0.5, 0.6) is 0 Å². The highest BCUT2D eigenvalue weighted by molar-refractivity contribution is 5.48. The number of hydrogen-bond acceptors (Lipinski definition) is 3. The van der Waals surface area contributed by atoms with Crippen LogP contribution in [-0.2, 0) is 0 Å². The lowest BCUT2D eigenvalue weighted by Gasteiger charge is -2.17. The smallest absolute Gasteiger partial charge is 0.270 e. The quantitative estimate of drug-likeness (QED) is 0.695. The fraction of sp³-hybridized carbons (Fsp3) is 0.200. The standard InChI is InChI=1S/C15H14F2N2O2/c1-8-3-13(19(20)21)7-14(9(8)2)15(18)10-4-11(16)6-12(17)5-10/h3-7,15H,18H2,1-2H3. The molecule has 2 rings (SSSR count). The molecule has 0 aliphatic carbocycles. The summed E-state index contributed by atoms with van der Waals surface area (Å²) in [5.74, 6) is -1.47. The van der Waals surface area contributed by atoms with E-state index < -0.39 is 22.6 Å². The van der Waals surface area contributed by atoms with E-state index >= 15 is 0 Å². The van der Waals surface area contributed by atoms with E-state index in [2.05, 4.69) is 0 Å². The van der Waals surface area contributed by atoms with E-state index in [4.69, 9.17) is 5.73 Å². The minimum atomic E-state index is -0.839. The largest absolute Gasteiger partial charge is 0.320 e. The average molecular weight is 292 g/mol. The number of nitrogens with zero attached hydrogens (tertiary/aromatic N) is 1. The van der Waals surface area contributed by atoms with Crippen molar-refractivity contribution in [2.75, 3.05) is 0 Å². The zero-order valence-electron chi connectivity index (χ0n) is 11.6. The Kier molecular flexibility index (Phi) is 3.99. The van der Waals surface area contributed by atoms with E-state index in [1.807, 2.05) is 0 Å². The van der Waals surface area contributed by atoms with E-state index in [1.54, 1.807) is 13.8 Å². The Labute approximate surface area is 120 Å². The van der Waals surface area contributed by atoms with Gasteiger partial charge in [-0.2, -0.15) is 0 Å². The van der Waals surface area contributed by atoms with Crippen LogP contribution in [0.4, 0.5) is 14.5 Å². The molecule has 0 saturated carbocycles. The van der Waals surface area contributed by atoms with Crippen LogP contribution in [0.1, 0.15) is 28.3 Å². The normalized spacial score (nSPS) is 12.2. The van der Waals surface area contributed by atoms with Gasteiger partial charge in [0.1, 0.15) is 11.6 Å². The van der Waals surface area contributed by atoms with Gasteiger partial charge in [-0.25, -0.2) is 8.78 Å². The highest BCUT2D eigenvalue weighted by Crippen LogP contribution is 2.29. The molecule has 0 spiro atoms. The minimum Gasteiger partial charge on any atom is -0.320 e. The Bertz CT molecular complexity index is 697. The summed E-state index contributed by atoms with van der Waals surface area (Å²) < 4.78 is 26.6. The second-order valence-electron chi connectivity index (χ2n) is 4.91. The van der Waals surface area contributed by atoms with Gasteiger partial charge < -0.3 is 5.73 Å². The maximum Gasteiger partial charge on any atom is 0.270 e. The predicted octanol–water partition coefficient (Wildman–Crippen LogP) is 3.54. The van der Waals surface area contributed by atoms with Gasteiger partial charge in [-0.1, -0.05) is 0 Å². The topological polar surface area (TPSA) is 69.2 Å². The van der Waals surface area contributed by atoms with Crippen molar-refractivity contribution < 1.29 is 13.7 Å². The van der Waals surface area contributed by atoms with Gasteiger partial charge in [-0.15, -0.1) is 0 Å². The summed E-state index contributed by atoms with van der Waals surface area (Å²) in [5, 5.41) is 10.9. The maximum atomic E-state index is 13.3. The Hall–Kier alpha value is -2.34. The summed E-state index contributed by atoms with van der Waals surface area (Å²) in [7, 11) is 0. The number of hydrogen-bond donors (Lipinski definition) is 1. The molecule has 6 heteroatoms. The molecule has 0 heterocycles.